The van der Waals surface area contributed by atoms with Gasteiger partial charge in [-0.2, -0.15) is 0 Å². The van der Waals surface area contributed by atoms with Gasteiger partial charge < -0.3 is 0 Å². The highest BCUT2D eigenvalue weighted by Crippen LogP contribution is 2.20. The van der Waals surface area contributed by atoms with E-state index in [2.05, 4.69) is 6.92 Å². The first kappa shape index (κ1) is 18.6. The van der Waals surface area contributed by atoms with Crippen molar-refractivity contribution in [2.45, 2.75) is 32.6 Å². The molecule has 0 N–H and O–H groups in total. The number of rotatable bonds is 9. The molecule has 0 amide bonds. The average Bonchev–Trinajstić information content (AvgIpc) is 2.67. The van der Waals surface area contributed by atoms with E-state index in [9.17, 15) is 9.59 Å². The highest BCUT2D eigenvalue weighted by Gasteiger charge is 2.11. The van der Waals surface area contributed by atoms with Crippen molar-refractivity contribution in [3.63, 3.8) is 0 Å². The summed E-state index contributed by atoms with van der Waals surface area (Å²) in [6.45, 7) is 2.10. The van der Waals surface area contributed by atoms with Crippen molar-refractivity contribution in [2.24, 2.45) is 0 Å². The number of Topliss-reactive ketones (excluding diaryl/α,β-unsaturated/α-hetero) is 1. The van der Waals surface area contributed by atoms with Gasteiger partial charge in [-0.3, -0.25) is 9.59 Å². The topological polar surface area (TPSA) is 34.1 Å². The van der Waals surface area contributed by atoms with E-state index in [1.54, 1.807) is 0 Å². The monoisotopic (exact) mass is 332 g/mol. The van der Waals surface area contributed by atoms with Crippen LogP contribution in [0.1, 0.15) is 43.7 Å². The van der Waals surface area contributed by atoms with E-state index in [0.29, 0.717) is 18.4 Å². The van der Waals surface area contributed by atoms with Crippen LogP contribution in [0.25, 0.3) is 11.1 Å². The lowest BCUT2D eigenvalue weighted by molar-refractivity contribution is -0.113. The Hall–Kier alpha value is -2.74. The van der Waals surface area contributed by atoms with E-state index in [1.807, 2.05) is 72.8 Å². The second kappa shape index (κ2) is 10.2. The molecule has 0 saturated carbocycles. The first-order chi connectivity index (χ1) is 12.3. The molecule has 2 aromatic carbocycles. The first-order valence-corrected chi connectivity index (χ1v) is 8.75. The number of aldehydes is 1. The van der Waals surface area contributed by atoms with Gasteiger partial charge in [0, 0.05) is 17.6 Å². The summed E-state index contributed by atoms with van der Waals surface area (Å²) in [5, 5.41) is 0. The van der Waals surface area contributed by atoms with E-state index in [0.717, 1.165) is 35.8 Å². The van der Waals surface area contributed by atoms with Crippen molar-refractivity contribution in [3.8, 4) is 0 Å². The van der Waals surface area contributed by atoms with Crippen LogP contribution >= 0.6 is 0 Å². The first-order valence-electron chi connectivity index (χ1n) is 8.75. The Morgan fingerprint density at radius 1 is 0.840 bits per heavy atom. The molecule has 2 heteroatoms. The normalized spacial score (nSPS) is 12.0. The molecule has 0 bridgehead atoms. The minimum atomic E-state index is 0.120. The number of ketones is 1. The number of unbranched alkanes of at least 4 members (excludes halogenated alkanes) is 1. The number of hydrogen-bond donors (Lipinski definition) is 0. The van der Waals surface area contributed by atoms with E-state index in [-0.39, 0.29) is 5.78 Å². The van der Waals surface area contributed by atoms with Crippen molar-refractivity contribution in [1.82, 2.24) is 0 Å². The van der Waals surface area contributed by atoms with Crippen LogP contribution in [0.2, 0.25) is 0 Å². The number of hydrogen-bond acceptors (Lipinski definition) is 2. The van der Waals surface area contributed by atoms with Crippen LogP contribution in [0.15, 0.2) is 72.8 Å². The second-order valence-electron chi connectivity index (χ2n) is 5.88. The lowest BCUT2D eigenvalue weighted by Gasteiger charge is -2.07. The van der Waals surface area contributed by atoms with Crippen LogP contribution in [0.5, 0.6) is 0 Å². The van der Waals surface area contributed by atoms with Gasteiger partial charge in [-0.15, -0.1) is 0 Å². The molecule has 0 atom stereocenters. The summed E-state index contributed by atoms with van der Waals surface area (Å²) in [5.74, 6) is 0.120. The van der Waals surface area contributed by atoms with Crippen molar-refractivity contribution < 1.29 is 9.59 Å². The van der Waals surface area contributed by atoms with Crippen LogP contribution in [-0.4, -0.2) is 12.1 Å². The van der Waals surface area contributed by atoms with Gasteiger partial charge in [-0.25, -0.2) is 0 Å². The summed E-state index contributed by atoms with van der Waals surface area (Å²) in [5.41, 5.74) is 3.26. The third-order valence-electron chi connectivity index (χ3n) is 3.99. The van der Waals surface area contributed by atoms with E-state index >= 15 is 0 Å². The Morgan fingerprint density at radius 3 is 2.00 bits per heavy atom. The van der Waals surface area contributed by atoms with Crippen LogP contribution < -0.4 is 0 Å². The third kappa shape index (κ3) is 5.68. The minimum absolute atomic E-state index is 0.120. The number of benzene rings is 2. The fraction of sp³-hybridized carbons (Fsp3) is 0.217. The zero-order valence-corrected chi connectivity index (χ0v) is 14.7. The zero-order valence-electron chi connectivity index (χ0n) is 14.7. The lowest BCUT2D eigenvalue weighted by Crippen LogP contribution is -2.02. The molecule has 2 nitrogen and oxygen atoms in total. The largest absolute Gasteiger partial charge is 0.298 e. The smallest absolute Gasteiger partial charge is 0.163 e. The summed E-state index contributed by atoms with van der Waals surface area (Å²) in [4.78, 5) is 24.0. The molecule has 25 heavy (non-hydrogen) atoms. The summed E-state index contributed by atoms with van der Waals surface area (Å²) in [6, 6.07) is 19.3. The van der Waals surface area contributed by atoms with Crippen molar-refractivity contribution in [2.75, 3.05) is 0 Å². The summed E-state index contributed by atoms with van der Waals surface area (Å²) in [6.07, 6.45) is 7.57. The predicted octanol–water partition coefficient (Wildman–Crippen LogP) is 5.50. The van der Waals surface area contributed by atoms with Crippen LogP contribution in [-0.2, 0) is 9.59 Å². The standard InChI is InChI=1S/C23H24O2/c1-2-3-16-22(20-13-8-5-9-14-20)23(25)17-10-15-21(18-24)19-11-6-4-7-12-19/h4-9,11-16,18H,2-3,10,17H2,1H3. The number of carbonyl (C=O) groups excluding carboxylic acids is 2. The maximum absolute atomic E-state index is 12.7. The van der Waals surface area contributed by atoms with Crippen LogP contribution in [0.4, 0.5) is 0 Å². The molecule has 2 aromatic rings. The molecule has 128 valence electrons. The molecule has 0 radical (unpaired) electrons. The Kier molecular flexibility index (Phi) is 7.58. The van der Waals surface area contributed by atoms with E-state index in [4.69, 9.17) is 0 Å². The summed E-state index contributed by atoms with van der Waals surface area (Å²) >= 11 is 0. The molecule has 0 aromatic heterocycles. The van der Waals surface area contributed by atoms with Gasteiger partial charge in [0.15, 0.2) is 5.78 Å². The second-order valence-corrected chi connectivity index (χ2v) is 5.88. The van der Waals surface area contributed by atoms with Gasteiger partial charge in [0.25, 0.3) is 0 Å². The molecule has 0 saturated heterocycles. The van der Waals surface area contributed by atoms with Crippen LogP contribution in [0, 0.1) is 0 Å². The Bertz CT molecular complexity index is 740. The van der Waals surface area contributed by atoms with Gasteiger partial charge in [0.2, 0.25) is 0 Å². The number of carbonyl (C=O) groups is 2. The highest BCUT2D eigenvalue weighted by atomic mass is 16.1. The lowest BCUT2D eigenvalue weighted by atomic mass is 9.96. The fourth-order valence-corrected chi connectivity index (χ4v) is 2.66. The number of allylic oxidation sites excluding steroid dienone is 4. The fourth-order valence-electron chi connectivity index (χ4n) is 2.66. The molecule has 0 unspecified atom stereocenters. The van der Waals surface area contributed by atoms with Crippen molar-refractivity contribution in [1.29, 1.82) is 0 Å². The molecule has 0 aliphatic rings. The van der Waals surface area contributed by atoms with E-state index < -0.39 is 0 Å². The van der Waals surface area contributed by atoms with Gasteiger partial charge in [0.1, 0.15) is 6.29 Å². The molecule has 0 heterocycles. The molecule has 0 aliphatic carbocycles. The Morgan fingerprint density at radius 2 is 1.44 bits per heavy atom. The van der Waals surface area contributed by atoms with Crippen molar-refractivity contribution in [3.05, 3.63) is 83.9 Å². The molecule has 0 aliphatic heterocycles. The van der Waals surface area contributed by atoms with Crippen molar-refractivity contribution >= 4 is 23.2 Å². The molecule has 0 spiro atoms. The molecular weight excluding hydrogens is 308 g/mol. The highest BCUT2D eigenvalue weighted by molar-refractivity contribution is 6.20. The summed E-state index contributed by atoms with van der Waals surface area (Å²) in [7, 11) is 0. The average molecular weight is 332 g/mol. The third-order valence-corrected chi connectivity index (χ3v) is 3.99. The maximum Gasteiger partial charge on any atom is 0.163 e. The Balaban J connectivity index is 2.08. The van der Waals surface area contributed by atoms with Crippen LogP contribution in [0.3, 0.4) is 0 Å². The molecule has 2 rings (SSSR count). The Labute approximate surface area is 149 Å². The van der Waals surface area contributed by atoms with Gasteiger partial charge >= 0.3 is 0 Å². The zero-order chi connectivity index (χ0) is 17.9. The summed E-state index contributed by atoms with van der Waals surface area (Å²) < 4.78 is 0. The molecule has 0 fully saturated rings. The minimum Gasteiger partial charge on any atom is -0.298 e. The maximum atomic E-state index is 12.7. The SMILES string of the molecule is CCCC=C(C(=O)CCC=C(C=O)c1ccccc1)c1ccccc1. The predicted molar refractivity (Wildman–Crippen MR) is 104 cm³/mol. The van der Waals surface area contributed by atoms with E-state index in [1.165, 1.54) is 0 Å². The van der Waals surface area contributed by atoms with Gasteiger partial charge in [0.05, 0.1) is 0 Å². The molecular formula is C23H24O2. The van der Waals surface area contributed by atoms with Gasteiger partial charge in [-0.05, 0) is 24.0 Å². The quantitative estimate of drug-likeness (QED) is 0.449. The van der Waals surface area contributed by atoms with Gasteiger partial charge in [-0.1, -0.05) is 86.2 Å².